The fourth-order valence-corrected chi connectivity index (χ4v) is 1.26. The molecule has 90 valence electrons. The number of unbranched alkanes of at least 4 members (excludes halogenated alkanes) is 2. The van der Waals surface area contributed by atoms with E-state index in [-0.39, 0.29) is 5.69 Å². The number of carbonyl (C=O) groups is 1. The molecule has 17 heavy (non-hydrogen) atoms. The topological polar surface area (TPSA) is 64.9 Å². The summed E-state index contributed by atoms with van der Waals surface area (Å²) in [5, 5.41) is 13.3. The largest absolute Gasteiger partial charge is 0.338 e. The molecule has 0 atom stereocenters. The third kappa shape index (κ3) is 4.98. The summed E-state index contributed by atoms with van der Waals surface area (Å²) in [4.78, 5) is 11.3. The van der Waals surface area contributed by atoms with Crippen molar-refractivity contribution in [2.24, 2.45) is 0 Å². The van der Waals surface area contributed by atoms with Crippen LogP contribution in [0.4, 0.5) is 14.9 Å². The van der Waals surface area contributed by atoms with Gasteiger partial charge in [-0.1, -0.05) is 12.1 Å². The van der Waals surface area contributed by atoms with E-state index in [1.54, 1.807) is 12.1 Å². The zero-order valence-electron chi connectivity index (χ0n) is 9.37. The third-order valence-electron chi connectivity index (χ3n) is 2.12. The summed E-state index contributed by atoms with van der Waals surface area (Å²) in [6.45, 7) is 0.474. The van der Waals surface area contributed by atoms with Crippen molar-refractivity contribution in [1.29, 1.82) is 5.26 Å². The molecular weight excluding hydrogens is 221 g/mol. The number of urea groups is 1. The van der Waals surface area contributed by atoms with Gasteiger partial charge in [-0.05, 0) is 25.0 Å². The Balaban J connectivity index is 2.26. The van der Waals surface area contributed by atoms with Crippen LogP contribution >= 0.6 is 0 Å². The number of benzene rings is 1. The van der Waals surface area contributed by atoms with Gasteiger partial charge in [-0.25, -0.2) is 9.18 Å². The average molecular weight is 235 g/mol. The first-order valence-corrected chi connectivity index (χ1v) is 5.40. The Bertz CT molecular complexity index is 414. The molecule has 2 N–H and O–H groups in total. The van der Waals surface area contributed by atoms with Crippen molar-refractivity contribution in [2.45, 2.75) is 19.3 Å². The van der Waals surface area contributed by atoms with E-state index in [4.69, 9.17) is 5.26 Å². The lowest BCUT2D eigenvalue weighted by atomic mass is 10.2. The molecule has 1 aromatic rings. The van der Waals surface area contributed by atoms with Gasteiger partial charge < -0.3 is 10.6 Å². The lowest BCUT2D eigenvalue weighted by molar-refractivity contribution is 0.252. The number of nitrogens with zero attached hydrogens (tertiary/aromatic N) is 1. The Morgan fingerprint density at radius 2 is 2.12 bits per heavy atom. The summed E-state index contributed by atoms with van der Waals surface area (Å²) in [6, 6.07) is 7.56. The number of halogens is 1. The molecule has 1 rings (SSSR count). The molecule has 0 fully saturated rings. The summed E-state index contributed by atoms with van der Waals surface area (Å²) in [5.41, 5.74) is 0.155. The number of hydrogen-bond acceptors (Lipinski definition) is 2. The normalized spacial score (nSPS) is 9.41. The number of nitriles is 1. The molecule has 4 nitrogen and oxygen atoms in total. The number of nitrogens with one attached hydrogen (secondary N) is 2. The van der Waals surface area contributed by atoms with Gasteiger partial charge in [-0.15, -0.1) is 0 Å². The van der Waals surface area contributed by atoms with Gasteiger partial charge in [0.1, 0.15) is 5.82 Å². The first-order chi connectivity index (χ1) is 8.24. The molecule has 1 aromatic carbocycles. The molecule has 0 aliphatic heterocycles. The Morgan fingerprint density at radius 3 is 2.82 bits per heavy atom. The molecule has 0 bridgehead atoms. The molecular formula is C12H14FN3O. The lowest BCUT2D eigenvalue weighted by Crippen LogP contribution is -2.29. The molecule has 0 radical (unpaired) electrons. The fourth-order valence-electron chi connectivity index (χ4n) is 1.26. The van der Waals surface area contributed by atoms with Crippen molar-refractivity contribution >= 4 is 11.7 Å². The zero-order chi connectivity index (χ0) is 12.5. The Labute approximate surface area is 99.4 Å². The molecule has 5 heteroatoms. The quantitative estimate of drug-likeness (QED) is 0.770. The molecule has 0 aromatic heterocycles. The summed E-state index contributed by atoms with van der Waals surface area (Å²) >= 11 is 0. The van der Waals surface area contributed by atoms with Crippen LogP contribution in [-0.4, -0.2) is 12.6 Å². The minimum absolute atomic E-state index is 0.155. The van der Waals surface area contributed by atoms with E-state index in [0.717, 1.165) is 12.8 Å². The van der Waals surface area contributed by atoms with E-state index in [2.05, 4.69) is 10.6 Å². The lowest BCUT2D eigenvalue weighted by Gasteiger charge is -2.07. The van der Waals surface area contributed by atoms with Crippen LogP contribution in [0.5, 0.6) is 0 Å². The van der Waals surface area contributed by atoms with Gasteiger partial charge in [-0.3, -0.25) is 0 Å². The second-order valence-corrected chi connectivity index (χ2v) is 3.48. The number of anilines is 1. The van der Waals surface area contributed by atoms with Crippen LogP contribution in [0, 0.1) is 17.1 Å². The van der Waals surface area contributed by atoms with Crippen LogP contribution < -0.4 is 10.6 Å². The molecule has 2 amide bonds. The summed E-state index contributed by atoms with van der Waals surface area (Å²) in [7, 11) is 0. The molecule has 0 aliphatic rings. The van der Waals surface area contributed by atoms with Crippen LogP contribution in [0.2, 0.25) is 0 Å². The van der Waals surface area contributed by atoms with Gasteiger partial charge in [-0.2, -0.15) is 5.26 Å². The van der Waals surface area contributed by atoms with Crippen molar-refractivity contribution < 1.29 is 9.18 Å². The highest BCUT2D eigenvalue weighted by atomic mass is 19.1. The van der Waals surface area contributed by atoms with Gasteiger partial charge in [0.2, 0.25) is 0 Å². The Morgan fingerprint density at radius 1 is 1.35 bits per heavy atom. The first-order valence-electron chi connectivity index (χ1n) is 5.40. The number of rotatable bonds is 5. The molecule has 0 heterocycles. The molecule has 0 unspecified atom stereocenters. The van der Waals surface area contributed by atoms with Crippen molar-refractivity contribution in [1.82, 2.24) is 5.32 Å². The predicted octanol–water partition coefficient (Wildman–Crippen LogP) is 2.64. The fraction of sp³-hybridized carbons (Fsp3) is 0.333. The zero-order valence-corrected chi connectivity index (χ0v) is 9.37. The molecule has 0 saturated heterocycles. The van der Waals surface area contributed by atoms with Crippen molar-refractivity contribution in [2.75, 3.05) is 11.9 Å². The maximum Gasteiger partial charge on any atom is 0.319 e. The van der Waals surface area contributed by atoms with Crippen molar-refractivity contribution in [3.05, 3.63) is 30.1 Å². The highest BCUT2D eigenvalue weighted by Crippen LogP contribution is 2.11. The van der Waals surface area contributed by atoms with E-state index >= 15 is 0 Å². The van der Waals surface area contributed by atoms with Crippen molar-refractivity contribution in [3.8, 4) is 6.07 Å². The van der Waals surface area contributed by atoms with Gasteiger partial charge in [0.05, 0.1) is 11.8 Å². The number of amides is 2. The first kappa shape index (κ1) is 13.0. The van der Waals surface area contributed by atoms with Crippen LogP contribution in [0.3, 0.4) is 0 Å². The highest BCUT2D eigenvalue weighted by Gasteiger charge is 2.04. The maximum atomic E-state index is 13.2. The monoisotopic (exact) mass is 235 g/mol. The minimum atomic E-state index is -0.466. The van der Waals surface area contributed by atoms with Gasteiger partial charge in [0.25, 0.3) is 0 Å². The van der Waals surface area contributed by atoms with E-state index in [1.807, 2.05) is 6.07 Å². The summed E-state index contributed by atoms with van der Waals surface area (Å²) in [5.74, 6) is -0.466. The third-order valence-corrected chi connectivity index (χ3v) is 2.12. The maximum absolute atomic E-state index is 13.2. The Kier molecular flexibility index (Phi) is 5.52. The van der Waals surface area contributed by atoms with Crippen LogP contribution in [0.15, 0.2) is 24.3 Å². The van der Waals surface area contributed by atoms with Crippen LogP contribution in [0.1, 0.15) is 19.3 Å². The summed E-state index contributed by atoms with van der Waals surface area (Å²) < 4.78 is 13.2. The van der Waals surface area contributed by atoms with Gasteiger partial charge in [0.15, 0.2) is 0 Å². The number of hydrogen-bond donors (Lipinski definition) is 2. The second-order valence-electron chi connectivity index (χ2n) is 3.48. The molecule has 0 saturated carbocycles. The Hall–Kier alpha value is -2.09. The second kappa shape index (κ2) is 7.23. The van der Waals surface area contributed by atoms with Crippen molar-refractivity contribution in [3.63, 3.8) is 0 Å². The SMILES string of the molecule is N#CCCCCNC(=O)Nc1ccccc1F. The van der Waals surface area contributed by atoms with E-state index in [1.165, 1.54) is 12.1 Å². The van der Waals surface area contributed by atoms with Crippen LogP contribution in [-0.2, 0) is 0 Å². The highest BCUT2D eigenvalue weighted by molar-refractivity contribution is 5.89. The molecule has 0 aliphatic carbocycles. The average Bonchev–Trinajstić information content (AvgIpc) is 2.32. The van der Waals surface area contributed by atoms with E-state index < -0.39 is 11.8 Å². The summed E-state index contributed by atoms with van der Waals surface area (Å²) in [6.07, 6.45) is 1.96. The smallest absolute Gasteiger partial charge is 0.319 e. The van der Waals surface area contributed by atoms with Gasteiger partial charge in [0, 0.05) is 13.0 Å². The van der Waals surface area contributed by atoms with Crippen LogP contribution in [0.25, 0.3) is 0 Å². The molecule has 0 spiro atoms. The van der Waals surface area contributed by atoms with E-state index in [9.17, 15) is 9.18 Å². The minimum Gasteiger partial charge on any atom is -0.338 e. The number of carbonyl (C=O) groups excluding carboxylic acids is 1. The van der Waals surface area contributed by atoms with Gasteiger partial charge >= 0.3 is 6.03 Å². The standard InChI is InChI=1S/C12H14FN3O/c13-10-6-2-3-7-11(10)16-12(17)15-9-5-1-4-8-14/h2-3,6-7H,1,4-5,9H2,(H2,15,16,17). The number of para-hydroxylation sites is 1. The van der Waals surface area contributed by atoms with E-state index in [0.29, 0.717) is 13.0 Å². The predicted molar refractivity (Wildman–Crippen MR) is 62.9 cm³/mol.